The minimum atomic E-state index is -1.45. The zero-order chi connectivity index (χ0) is 15.1. The lowest BCUT2D eigenvalue weighted by Gasteiger charge is -2.16. The molecule has 0 aliphatic rings. The smallest absolute Gasteiger partial charge is 0.342 e. The maximum atomic E-state index is 13.4. The van der Waals surface area contributed by atoms with E-state index in [-0.39, 0.29) is 5.75 Å². The van der Waals surface area contributed by atoms with E-state index in [1.165, 1.54) is 26.2 Å². The van der Waals surface area contributed by atoms with Crippen LogP contribution in [0, 0.1) is 5.82 Å². The number of benzene rings is 1. The second kappa shape index (κ2) is 7.44. The number of carbonyl (C=O) groups excluding carboxylic acids is 1. The standard InChI is InChI=1S/C13H16FNO5/c1-8(12(16)15-6-7-19-2)20-10-5-3-4-9(14)11(10)13(17)18/h3-5,8H,6-7H2,1-2H3,(H,15,16)(H,17,18). The summed E-state index contributed by atoms with van der Waals surface area (Å²) in [5, 5.41) is 11.5. The summed E-state index contributed by atoms with van der Waals surface area (Å²) >= 11 is 0. The fraction of sp³-hybridized carbons (Fsp3) is 0.385. The zero-order valence-electron chi connectivity index (χ0n) is 11.2. The molecule has 0 aromatic heterocycles. The molecule has 1 amide bonds. The molecule has 20 heavy (non-hydrogen) atoms. The van der Waals surface area contributed by atoms with Crippen molar-refractivity contribution in [3.63, 3.8) is 0 Å². The van der Waals surface area contributed by atoms with Gasteiger partial charge in [0.25, 0.3) is 5.91 Å². The van der Waals surface area contributed by atoms with Gasteiger partial charge >= 0.3 is 5.97 Å². The molecule has 110 valence electrons. The molecule has 1 atom stereocenters. The summed E-state index contributed by atoms with van der Waals surface area (Å²) in [7, 11) is 1.50. The van der Waals surface area contributed by atoms with Gasteiger partial charge in [0.2, 0.25) is 0 Å². The molecule has 2 N–H and O–H groups in total. The first-order valence-electron chi connectivity index (χ1n) is 5.92. The predicted molar refractivity (Wildman–Crippen MR) is 68.3 cm³/mol. The van der Waals surface area contributed by atoms with E-state index in [1.807, 2.05) is 0 Å². The average Bonchev–Trinajstić information content (AvgIpc) is 2.38. The van der Waals surface area contributed by atoms with Gasteiger partial charge in [-0.2, -0.15) is 0 Å². The molecule has 6 nitrogen and oxygen atoms in total. The second-order valence-electron chi connectivity index (χ2n) is 3.96. The third kappa shape index (κ3) is 4.20. The number of hydrogen-bond acceptors (Lipinski definition) is 4. The van der Waals surface area contributed by atoms with Crippen LogP contribution in [0.5, 0.6) is 5.75 Å². The molecule has 0 spiro atoms. The van der Waals surface area contributed by atoms with Crippen molar-refractivity contribution in [2.45, 2.75) is 13.0 Å². The molecule has 0 aliphatic carbocycles. The Morgan fingerprint density at radius 2 is 2.15 bits per heavy atom. The molecule has 7 heteroatoms. The van der Waals surface area contributed by atoms with Crippen LogP contribution < -0.4 is 10.1 Å². The Kier molecular flexibility index (Phi) is 5.92. The molecule has 0 heterocycles. The van der Waals surface area contributed by atoms with E-state index < -0.39 is 29.4 Å². The van der Waals surface area contributed by atoms with Gasteiger partial charge in [0, 0.05) is 13.7 Å². The highest BCUT2D eigenvalue weighted by molar-refractivity contribution is 5.91. The summed E-state index contributed by atoms with van der Waals surface area (Å²) < 4.78 is 23.4. The first-order chi connectivity index (χ1) is 9.47. The number of hydrogen-bond donors (Lipinski definition) is 2. The van der Waals surface area contributed by atoms with Crippen molar-refractivity contribution in [1.82, 2.24) is 5.32 Å². The first-order valence-corrected chi connectivity index (χ1v) is 5.92. The maximum absolute atomic E-state index is 13.4. The van der Waals surface area contributed by atoms with Gasteiger partial charge in [-0.05, 0) is 19.1 Å². The molecular weight excluding hydrogens is 269 g/mol. The topological polar surface area (TPSA) is 84.9 Å². The zero-order valence-corrected chi connectivity index (χ0v) is 11.2. The molecule has 0 radical (unpaired) electrons. The minimum Gasteiger partial charge on any atom is -0.480 e. The summed E-state index contributed by atoms with van der Waals surface area (Å²) in [5.74, 6) is -3.00. The Labute approximate surface area is 115 Å². The van der Waals surface area contributed by atoms with Gasteiger partial charge in [-0.15, -0.1) is 0 Å². The van der Waals surface area contributed by atoms with Gasteiger partial charge in [0.15, 0.2) is 6.10 Å². The number of carboxylic acid groups (broad SMARTS) is 1. The highest BCUT2D eigenvalue weighted by Gasteiger charge is 2.21. The number of methoxy groups -OCH3 is 1. The number of ether oxygens (including phenoxy) is 2. The van der Waals surface area contributed by atoms with Gasteiger partial charge < -0.3 is 19.9 Å². The summed E-state index contributed by atoms with van der Waals surface area (Å²) in [5.41, 5.74) is -0.593. The summed E-state index contributed by atoms with van der Waals surface area (Å²) in [6, 6.07) is 3.62. The lowest BCUT2D eigenvalue weighted by Crippen LogP contribution is -2.38. The molecule has 0 fully saturated rings. The predicted octanol–water partition coefficient (Wildman–Crippen LogP) is 1.05. The first kappa shape index (κ1) is 15.9. The van der Waals surface area contributed by atoms with Crippen LogP contribution in [0.3, 0.4) is 0 Å². The fourth-order valence-electron chi connectivity index (χ4n) is 1.47. The molecular formula is C13H16FNO5. The number of carboxylic acids is 1. The van der Waals surface area contributed by atoms with Crippen molar-refractivity contribution < 1.29 is 28.6 Å². The third-order valence-electron chi connectivity index (χ3n) is 2.47. The normalized spacial score (nSPS) is 11.8. The van der Waals surface area contributed by atoms with Crippen LogP contribution in [0.25, 0.3) is 0 Å². The van der Waals surface area contributed by atoms with Crippen LogP contribution >= 0.6 is 0 Å². The molecule has 0 saturated heterocycles. The number of halogens is 1. The van der Waals surface area contributed by atoms with E-state index in [2.05, 4.69) is 5.32 Å². The summed E-state index contributed by atoms with van der Waals surface area (Å²) in [6.45, 7) is 2.09. The molecule has 1 aromatic carbocycles. The lowest BCUT2D eigenvalue weighted by molar-refractivity contribution is -0.127. The number of nitrogens with one attached hydrogen (secondary N) is 1. The van der Waals surface area contributed by atoms with Crippen molar-refractivity contribution in [3.05, 3.63) is 29.6 Å². The van der Waals surface area contributed by atoms with E-state index in [9.17, 15) is 14.0 Å². The van der Waals surface area contributed by atoms with E-state index in [0.717, 1.165) is 6.07 Å². The second-order valence-corrected chi connectivity index (χ2v) is 3.96. The Morgan fingerprint density at radius 1 is 1.45 bits per heavy atom. The molecule has 0 bridgehead atoms. The van der Waals surface area contributed by atoms with Crippen LogP contribution in [0.2, 0.25) is 0 Å². The van der Waals surface area contributed by atoms with Crippen LogP contribution in [0.1, 0.15) is 17.3 Å². The van der Waals surface area contributed by atoms with Crippen molar-refractivity contribution in [2.24, 2.45) is 0 Å². The van der Waals surface area contributed by atoms with E-state index in [0.29, 0.717) is 13.2 Å². The molecule has 1 rings (SSSR count). The van der Waals surface area contributed by atoms with Crippen molar-refractivity contribution in [2.75, 3.05) is 20.3 Å². The van der Waals surface area contributed by atoms with Crippen molar-refractivity contribution >= 4 is 11.9 Å². The summed E-state index contributed by atoms with van der Waals surface area (Å²) in [6.07, 6.45) is -0.952. The van der Waals surface area contributed by atoms with Crippen molar-refractivity contribution in [1.29, 1.82) is 0 Å². The number of carbonyl (C=O) groups is 2. The SMILES string of the molecule is COCCNC(=O)C(C)Oc1cccc(F)c1C(=O)O. The molecule has 0 aliphatic heterocycles. The lowest BCUT2D eigenvalue weighted by atomic mass is 10.2. The van der Waals surface area contributed by atoms with Gasteiger partial charge in [-0.1, -0.05) is 6.07 Å². The van der Waals surface area contributed by atoms with Crippen LogP contribution in [-0.2, 0) is 9.53 Å². The quantitative estimate of drug-likeness (QED) is 0.732. The number of rotatable bonds is 7. The van der Waals surface area contributed by atoms with E-state index >= 15 is 0 Å². The van der Waals surface area contributed by atoms with Crippen LogP contribution in [0.4, 0.5) is 4.39 Å². The summed E-state index contributed by atoms with van der Waals surface area (Å²) in [4.78, 5) is 22.6. The van der Waals surface area contributed by atoms with Crippen LogP contribution in [-0.4, -0.2) is 43.3 Å². The highest BCUT2D eigenvalue weighted by Crippen LogP contribution is 2.22. The Balaban J connectivity index is 2.75. The Bertz CT molecular complexity index is 492. The van der Waals surface area contributed by atoms with Crippen LogP contribution in [0.15, 0.2) is 18.2 Å². The maximum Gasteiger partial charge on any atom is 0.342 e. The monoisotopic (exact) mass is 285 g/mol. The van der Waals surface area contributed by atoms with Gasteiger partial charge in [0.05, 0.1) is 6.61 Å². The van der Waals surface area contributed by atoms with E-state index in [4.69, 9.17) is 14.6 Å². The third-order valence-corrected chi connectivity index (χ3v) is 2.47. The average molecular weight is 285 g/mol. The number of aromatic carboxylic acids is 1. The van der Waals surface area contributed by atoms with Gasteiger partial charge in [-0.25, -0.2) is 9.18 Å². The Morgan fingerprint density at radius 3 is 2.75 bits per heavy atom. The Hall–Kier alpha value is -2.15. The van der Waals surface area contributed by atoms with Gasteiger partial charge in [0.1, 0.15) is 17.1 Å². The van der Waals surface area contributed by atoms with Gasteiger partial charge in [-0.3, -0.25) is 4.79 Å². The van der Waals surface area contributed by atoms with E-state index in [1.54, 1.807) is 0 Å². The number of amides is 1. The van der Waals surface area contributed by atoms with Crippen molar-refractivity contribution in [3.8, 4) is 5.75 Å². The molecule has 0 saturated carbocycles. The largest absolute Gasteiger partial charge is 0.480 e. The highest BCUT2D eigenvalue weighted by atomic mass is 19.1. The minimum absolute atomic E-state index is 0.188. The fourth-order valence-corrected chi connectivity index (χ4v) is 1.47. The molecule has 1 aromatic rings. The molecule has 1 unspecified atom stereocenters.